The van der Waals surface area contributed by atoms with Crippen LogP contribution in [-0.2, 0) is 0 Å². The molecule has 15 heavy (non-hydrogen) atoms. The highest BCUT2D eigenvalue weighted by Crippen LogP contribution is 2.56. The van der Waals surface area contributed by atoms with Crippen LogP contribution in [0.15, 0.2) is 11.1 Å². The summed E-state index contributed by atoms with van der Waals surface area (Å²) in [6, 6.07) is 1.72. The van der Waals surface area contributed by atoms with Crippen molar-refractivity contribution in [3.63, 3.8) is 0 Å². The molecule has 1 spiro atoms. The zero-order valence-electron chi connectivity index (χ0n) is 8.41. The van der Waals surface area contributed by atoms with Crippen molar-refractivity contribution in [3.8, 4) is 0 Å². The first-order chi connectivity index (χ1) is 7.10. The standard InChI is InChI=1S/C10H12N2O2S/c1-12-5-10(2-3-10)15-8-7(12)4-6(11-8)9(13)14/h4,11H,2-3,5H2,1H3,(H,13,14). The molecule has 0 bridgehead atoms. The lowest BCUT2D eigenvalue weighted by Gasteiger charge is -2.30. The van der Waals surface area contributed by atoms with E-state index in [4.69, 9.17) is 5.11 Å². The third-order valence-corrected chi connectivity index (χ3v) is 4.54. The summed E-state index contributed by atoms with van der Waals surface area (Å²) in [5.41, 5.74) is 1.31. The van der Waals surface area contributed by atoms with Gasteiger partial charge in [0.1, 0.15) is 5.69 Å². The average Bonchev–Trinajstić information content (AvgIpc) is 2.76. The van der Waals surface area contributed by atoms with Gasteiger partial charge in [0.2, 0.25) is 0 Å². The van der Waals surface area contributed by atoms with Crippen LogP contribution in [0.1, 0.15) is 23.3 Å². The van der Waals surface area contributed by atoms with Crippen molar-refractivity contribution in [1.29, 1.82) is 0 Å². The molecule has 0 aromatic carbocycles. The van der Waals surface area contributed by atoms with Gasteiger partial charge >= 0.3 is 5.97 Å². The number of nitrogens with one attached hydrogen (secondary N) is 1. The number of rotatable bonds is 1. The van der Waals surface area contributed by atoms with E-state index in [1.807, 2.05) is 7.05 Å². The van der Waals surface area contributed by atoms with Crippen molar-refractivity contribution in [2.75, 3.05) is 18.5 Å². The zero-order chi connectivity index (χ0) is 10.6. The summed E-state index contributed by atoms with van der Waals surface area (Å²) in [5, 5.41) is 9.92. The van der Waals surface area contributed by atoms with Gasteiger partial charge in [-0.25, -0.2) is 4.79 Å². The van der Waals surface area contributed by atoms with E-state index in [9.17, 15) is 4.79 Å². The van der Waals surface area contributed by atoms with Crippen LogP contribution in [0.5, 0.6) is 0 Å². The van der Waals surface area contributed by atoms with Crippen molar-refractivity contribution >= 4 is 23.4 Å². The number of hydrogen-bond donors (Lipinski definition) is 2. The Hall–Kier alpha value is -1.10. The second-order valence-electron chi connectivity index (χ2n) is 4.34. The molecule has 0 amide bonds. The second-order valence-corrected chi connectivity index (χ2v) is 5.82. The van der Waals surface area contributed by atoms with Crippen LogP contribution in [0.2, 0.25) is 0 Å². The minimum atomic E-state index is -0.886. The van der Waals surface area contributed by atoms with Crippen molar-refractivity contribution in [2.45, 2.75) is 22.6 Å². The Morgan fingerprint density at radius 2 is 2.40 bits per heavy atom. The van der Waals surface area contributed by atoms with Gasteiger partial charge in [-0.1, -0.05) is 11.8 Å². The first-order valence-electron chi connectivity index (χ1n) is 4.96. The Bertz CT molecular complexity index is 437. The van der Waals surface area contributed by atoms with Gasteiger partial charge in [-0.3, -0.25) is 0 Å². The Balaban J connectivity index is 2.02. The highest BCUT2D eigenvalue weighted by Gasteiger charge is 2.48. The van der Waals surface area contributed by atoms with Crippen LogP contribution in [0.4, 0.5) is 5.69 Å². The van der Waals surface area contributed by atoms with E-state index >= 15 is 0 Å². The summed E-state index contributed by atoms with van der Waals surface area (Å²) in [4.78, 5) is 16.0. The third kappa shape index (κ3) is 1.33. The highest BCUT2D eigenvalue weighted by molar-refractivity contribution is 8.01. The normalized spacial score (nSPS) is 21.5. The molecule has 0 saturated heterocycles. The number of hydrogen-bond acceptors (Lipinski definition) is 3. The predicted molar refractivity (Wildman–Crippen MR) is 58.8 cm³/mol. The molecule has 3 rings (SSSR count). The lowest BCUT2D eigenvalue weighted by molar-refractivity contribution is 0.0691. The van der Waals surface area contributed by atoms with Gasteiger partial charge in [0.05, 0.1) is 10.7 Å². The van der Waals surface area contributed by atoms with Gasteiger partial charge in [-0.05, 0) is 18.9 Å². The molecule has 1 aromatic rings. The Kier molecular flexibility index (Phi) is 1.66. The number of fused-ring (bicyclic) bond motifs is 1. The number of carbonyl (C=O) groups is 1. The number of anilines is 1. The average molecular weight is 224 g/mol. The fraction of sp³-hybridized carbons (Fsp3) is 0.500. The molecule has 1 saturated carbocycles. The quantitative estimate of drug-likeness (QED) is 0.763. The van der Waals surface area contributed by atoms with Gasteiger partial charge < -0.3 is 15.0 Å². The van der Waals surface area contributed by atoms with Gasteiger partial charge in [-0.15, -0.1) is 0 Å². The SMILES string of the molecule is CN1CC2(CC2)Sc2[nH]c(C(=O)O)cc21. The van der Waals surface area contributed by atoms with E-state index in [0.717, 1.165) is 17.3 Å². The number of aromatic carboxylic acids is 1. The van der Waals surface area contributed by atoms with Gasteiger partial charge in [0.25, 0.3) is 0 Å². The minimum absolute atomic E-state index is 0.289. The maximum Gasteiger partial charge on any atom is 0.352 e. The first-order valence-corrected chi connectivity index (χ1v) is 5.78. The van der Waals surface area contributed by atoms with Crippen molar-refractivity contribution < 1.29 is 9.90 Å². The predicted octanol–water partition coefficient (Wildman–Crippen LogP) is 1.79. The molecule has 4 nitrogen and oxygen atoms in total. The van der Waals surface area contributed by atoms with Crippen molar-refractivity contribution in [2.24, 2.45) is 0 Å². The van der Waals surface area contributed by atoms with Crippen LogP contribution in [0.25, 0.3) is 0 Å². The van der Waals surface area contributed by atoms with E-state index in [2.05, 4.69) is 9.88 Å². The van der Waals surface area contributed by atoms with E-state index in [0.29, 0.717) is 4.75 Å². The molecular weight excluding hydrogens is 212 g/mol. The topological polar surface area (TPSA) is 56.3 Å². The van der Waals surface area contributed by atoms with Gasteiger partial charge in [0, 0.05) is 18.3 Å². The highest BCUT2D eigenvalue weighted by atomic mass is 32.2. The summed E-state index contributed by atoms with van der Waals surface area (Å²) < 4.78 is 0.363. The molecule has 2 heterocycles. The number of thioether (sulfide) groups is 1. The van der Waals surface area contributed by atoms with E-state index in [1.54, 1.807) is 17.8 Å². The Morgan fingerprint density at radius 3 is 3.00 bits per heavy atom. The molecule has 0 unspecified atom stereocenters. The molecule has 1 fully saturated rings. The summed E-state index contributed by atoms with van der Waals surface area (Å²) in [5.74, 6) is -0.886. The molecule has 80 valence electrons. The van der Waals surface area contributed by atoms with Crippen molar-refractivity contribution in [3.05, 3.63) is 11.8 Å². The van der Waals surface area contributed by atoms with E-state index in [-0.39, 0.29) is 5.69 Å². The Labute approximate surface area is 91.7 Å². The van der Waals surface area contributed by atoms with Crippen LogP contribution in [0, 0.1) is 0 Å². The minimum Gasteiger partial charge on any atom is -0.477 e. The number of nitrogens with zero attached hydrogens (tertiary/aromatic N) is 1. The lowest BCUT2D eigenvalue weighted by atomic mass is 10.3. The van der Waals surface area contributed by atoms with Crippen LogP contribution < -0.4 is 4.90 Å². The van der Waals surface area contributed by atoms with Crippen molar-refractivity contribution in [1.82, 2.24) is 4.98 Å². The molecule has 0 radical (unpaired) electrons. The molecule has 0 atom stereocenters. The van der Waals surface area contributed by atoms with Gasteiger partial charge in [-0.2, -0.15) is 0 Å². The third-order valence-electron chi connectivity index (χ3n) is 3.06. The largest absolute Gasteiger partial charge is 0.477 e. The lowest BCUT2D eigenvalue weighted by Crippen LogP contribution is -2.31. The van der Waals surface area contributed by atoms with Crippen LogP contribution in [0.3, 0.4) is 0 Å². The summed E-state index contributed by atoms with van der Waals surface area (Å²) in [6.07, 6.45) is 2.48. The number of H-pyrrole nitrogens is 1. The van der Waals surface area contributed by atoms with Crippen LogP contribution in [-0.4, -0.2) is 34.4 Å². The molecule has 2 N–H and O–H groups in total. The van der Waals surface area contributed by atoms with Gasteiger partial charge in [0.15, 0.2) is 0 Å². The number of aromatic amines is 1. The molecular formula is C10H12N2O2S. The molecule has 1 aliphatic carbocycles. The maximum absolute atomic E-state index is 10.8. The number of carboxylic acid groups (broad SMARTS) is 1. The molecule has 1 aliphatic heterocycles. The summed E-state index contributed by atoms with van der Waals surface area (Å²) in [6.45, 7) is 1.03. The number of aromatic nitrogens is 1. The smallest absolute Gasteiger partial charge is 0.352 e. The number of carboxylic acids is 1. The van der Waals surface area contributed by atoms with E-state index in [1.165, 1.54) is 12.8 Å². The maximum atomic E-state index is 10.8. The Morgan fingerprint density at radius 1 is 1.67 bits per heavy atom. The summed E-state index contributed by atoms with van der Waals surface area (Å²) >= 11 is 1.81. The fourth-order valence-corrected chi connectivity index (χ4v) is 3.54. The summed E-state index contributed by atoms with van der Waals surface area (Å²) in [7, 11) is 2.03. The fourth-order valence-electron chi connectivity index (χ4n) is 2.07. The van der Waals surface area contributed by atoms with E-state index < -0.39 is 5.97 Å². The monoisotopic (exact) mass is 224 g/mol. The molecule has 2 aliphatic rings. The zero-order valence-corrected chi connectivity index (χ0v) is 9.23. The first kappa shape index (κ1) is 9.15. The molecule has 5 heteroatoms. The molecule has 1 aromatic heterocycles. The van der Waals surface area contributed by atoms with Crippen LogP contribution >= 0.6 is 11.8 Å². The second kappa shape index (κ2) is 2.72.